The third-order valence-electron chi connectivity index (χ3n) is 3.50. The first-order valence-electron chi connectivity index (χ1n) is 7.18. The molecule has 6 nitrogen and oxygen atoms in total. The Balaban J connectivity index is 1.55. The number of nitrogens with one attached hydrogen (secondary N) is 2. The van der Waals surface area contributed by atoms with Gasteiger partial charge in [0.2, 0.25) is 11.8 Å². The second-order valence-corrected chi connectivity index (χ2v) is 5.09. The molecule has 2 aromatic rings. The quantitative estimate of drug-likeness (QED) is 0.836. The maximum Gasteiger partial charge on any atom is 0.237 e. The lowest BCUT2D eigenvalue weighted by Crippen LogP contribution is -2.53. The summed E-state index contributed by atoms with van der Waals surface area (Å²) in [5.41, 5.74) is 1.25. The Morgan fingerprint density at radius 2 is 2.05 bits per heavy atom. The van der Waals surface area contributed by atoms with E-state index in [1.165, 1.54) is 5.56 Å². The number of hydrogen-bond donors (Lipinski definition) is 2. The van der Waals surface area contributed by atoms with Crippen molar-refractivity contribution in [2.75, 3.05) is 13.1 Å². The molecule has 110 valence electrons. The summed E-state index contributed by atoms with van der Waals surface area (Å²) in [6.07, 6.45) is 2.05. The number of amides is 1. The number of rotatable bonds is 5. The highest BCUT2D eigenvalue weighted by atomic mass is 16.5. The zero-order valence-electron chi connectivity index (χ0n) is 11.7. The number of nitrogens with zero attached hydrogens (tertiary/aromatic N) is 2. The lowest BCUT2D eigenvalue weighted by Gasteiger charge is -2.21. The zero-order valence-corrected chi connectivity index (χ0v) is 11.7. The summed E-state index contributed by atoms with van der Waals surface area (Å²) in [4.78, 5) is 16.0. The molecule has 1 unspecified atom stereocenters. The fourth-order valence-electron chi connectivity index (χ4n) is 2.36. The second kappa shape index (κ2) is 6.49. The van der Waals surface area contributed by atoms with Crippen molar-refractivity contribution < 1.29 is 9.32 Å². The molecular weight excluding hydrogens is 268 g/mol. The van der Waals surface area contributed by atoms with E-state index in [9.17, 15) is 4.79 Å². The second-order valence-electron chi connectivity index (χ2n) is 5.09. The van der Waals surface area contributed by atoms with Crippen molar-refractivity contribution in [2.45, 2.75) is 25.3 Å². The van der Waals surface area contributed by atoms with Gasteiger partial charge in [0.25, 0.3) is 0 Å². The Bertz CT molecular complexity index is 597. The summed E-state index contributed by atoms with van der Waals surface area (Å²) in [6, 6.07) is 9.92. The molecule has 1 aromatic heterocycles. The van der Waals surface area contributed by atoms with Crippen molar-refractivity contribution in [1.82, 2.24) is 20.8 Å². The average molecular weight is 286 g/mol. The molecule has 1 amide bonds. The van der Waals surface area contributed by atoms with Crippen LogP contribution >= 0.6 is 0 Å². The van der Waals surface area contributed by atoms with Gasteiger partial charge >= 0.3 is 0 Å². The van der Waals surface area contributed by atoms with Crippen LogP contribution in [0.5, 0.6) is 0 Å². The third-order valence-corrected chi connectivity index (χ3v) is 3.50. The molecule has 2 N–H and O–H groups in total. The van der Waals surface area contributed by atoms with Crippen LogP contribution in [0.2, 0.25) is 0 Å². The van der Waals surface area contributed by atoms with Gasteiger partial charge in [0.15, 0.2) is 5.82 Å². The Hall–Kier alpha value is -2.21. The van der Waals surface area contributed by atoms with E-state index < -0.39 is 0 Å². The highest BCUT2D eigenvalue weighted by Crippen LogP contribution is 2.07. The lowest BCUT2D eigenvalue weighted by atomic mass is 10.1. The lowest BCUT2D eigenvalue weighted by molar-refractivity contribution is -0.124. The molecule has 0 radical (unpaired) electrons. The Kier molecular flexibility index (Phi) is 4.25. The first-order chi connectivity index (χ1) is 10.3. The van der Waals surface area contributed by atoms with E-state index in [1.54, 1.807) is 0 Å². The zero-order chi connectivity index (χ0) is 14.5. The largest absolute Gasteiger partial charge is 0.353 e. The van der Waals surface area contributed by atoms with Crippen LogP contribution in [0.1, 0.15) is 17.3 Å². The van der Waals surface area contributed by atoms with Crippen LogP contribution in [0.15, 0.2) is 34.9 Å². The van der Waals surface area contributed by atoms with Crippen molar-refractivity contribution in [2.24, 2.45) is 0 Å². The number of aryl methyl sites for hydroxylation is 2. The number of piperazine rings is 1. The summed E-state index contributed by atoms with van der Waals surface area (Å²) in [5.74, 6) is 1.18. The van der Waals surface area contributed by atoms with E-state index in [-0.39, 0.29) is 11.9 Å². The van der Waals surface area contributed by atoms with Crippen molar-refractivity contribution in [1.29, 1.82) is 0 Å². The maximum atomic E-state index is 11.7. The minimum absolute atomic E-state index is 0.00899. The van der Waals surface area contributed by atoms with Crippen molar-refractivity contribution in [3.05, 3.63) is 47.6 Å². The smallest absolute Gasteiger partial charge is 0.237 e. The van der Waals surface area contributed by atoms with Crippen molar-refractivity contribution >= 4 is 5.91 Å². The fourth-order valence-corrected chi connectivity index (χ4v) is 2.36. The molecule has 0 aliphatic carbocycles. The van der Waals surface area contributed by atoms with Gasteiger partial charge in [-0.3, -0.25) is 4.79 Å². The van der Waals surface area contributed by atoms with Gasteiger partial charge in [-0.05, 0) is 12.0 Å². The monoisotopic (exact) mass is 286 g/mol. The molecule has 0 saturated carbocycles. The maximum absolute atomic E-state index is 11.7. The number of benzene rings is 1. The number of carbonyl (C=O) groups excluding carboxylic acids is 1. The topological polar surface area (TPSA) is 80.0 Å². The molecule has 1 atom stereocenters. The van der Waals surface area contributed by atoms with Gasteiger partial charge in [-0.15, -0.1) is 0 Å². The number of aromatic nitrogens is 2. The Morgan fingerprint density at radius 3 is 2.86 bits per heavy atom. The van der Waals surface area contributed by atoms with Gasteiger partial charge in [-0.25, -0.2) is 0 Å². The van der Waals surface area contributed by atoms with E-state index in [4.69, 9.17) is 4.52 Å². The van der Waals surface area contributed by atoms with Gasteiger partial charge in [0, 0.05) is 19.5 Å². The van der Waals surface area contributed by atoms with Crippen molar-refractivity contribution in [3.63, 3.8) is 0 Å². The summed E-state index contributed by atoms with van der Waals surface area (Å²) in [5, 5.41) is 9.94. The van der Waals surface area contributed by atoms with Crippen LogP contribution in [0.25, 0.3) is 0 Å². The van der Waals surface area contributed by atoms with E-state index in [0.717, 1.165) is 19.4 Å². The van der Waals surface area contributed by atoms with Gasteiger partial charge in [0.1, 0.15) is 0 Å². The molecular formula is C15H18N4O2. The molecule has 3 rings (SSSR count). The standard InChI is InChI=1S/C15H18N4O2/c20-15-12(16-8-9-17-15)10-14-18-13(19-21-14)7-6-11-4-2-1-3-5-11/h1-5,12,16H,6-10H2,(H,17,20). The normalized spacial score (nSPS) is 18.5. The van der Waals surface area contributed by atoms with E-state index in [2.05, 4.69) is 32.9 Å². The molecule has 6 heteroatoms. The molecule has 0 bridgehead atoms. The van der Waals surface area contributed by atoms with E-state index in [1.807, 2.05) is 18.2 Å². The van der Waals surface area contributed by atoms with Gasteiger partial charge < -0.3 is 15.2 Å². The summed E-state index contributed by atoms with van der Waals surface area (Å²) < 4.78 is 5.22. The molecule has 1 aromatic carbocycles. The number of carbonyl (C=O) groups is 1. The van der Waals surface area contributed by atoms with Crippen LogP contribution in [0, 0.1) is 0 Å². The number of hydrogen-bond acceptors (Lipinski definition) is 5. The molecule has 1 aliphatic heterocycles. The molecule has 2 heterocycles. The fraction of sp³-hybridized carbons (Fsp3) is 0.400. The predicted molar refractivity (Wildman–Crippen MR) is 76.7 cm³/mol. The average Bonchev–Trinajstić information content (AvgIpc) is 2.96. The van der Waals surface area contributed by atoms with Crippen LogP contribution in [0.3, 0.4) is 0 Å². The first-order valence-corrected chi connectivity index (χ1v) is 7.18. The minimum atomic E-state index is -0.277. The molecule has 1 aliphatic rings. The van der Waals surface area contributed by atoms with Gasteiger partial charge in [-0.2, -0.15) is 4.98 Å². The minimum Gasteiger partial charge on any atom is -0.353 e. The molecule has 1 fully saturated rings. The van der Waals surface area contributed by atoms with E-state index >= 15 is 0 Å². The highest BCUT2D eigenvalue weighted by molar-refractivity contribution is 5.82. The van der Waals surface area contributed by atoms with Gasteiger partial charge in [-0.1, -0.05) is 35.5 Å². The Morgan fingerprint density at radius 1 is 1.19 bits per heavy atom. The van der Waals surface area contributed by atoms with Crippen LogP contribution < -0.4 is 10.6 Å². The molecule has 1 saturated heterocycles. The van der Waals surface area contributed by atoms with Crippen LogP contribution in [-0.2, 0) is 24.1 Å². The third kappa shape index (κ3) is 3.66. The van der Waals surface area contributed by atoms with E-state index in [0.29, 0.717) is 24.7 Å². The summed E-state index contributed by atoms with van der Waals surface area (Å²) >= 11 is 0. The first kappa shape index (κ1) is 13.8. The highest BCUT2D eigenvalue weighted by Gasteiger charge is 2.24. The SMILES string of the molecule is O=C1NCCNC1Cc1nc(CCc2ccccc2)no1. The molecule has 21 heavy (non-hydrogen) atoms. The van der Waals surface area contributed by atoms with Crippen molar-refractivity contribution in [3.8, 4) is 0 Å². The van der Waals surface area contributed by atoms with Crippen LogP contribution in [0.4, 0.5) is 0 Å². The summed E-state index contributed by atoms with van der Waals surface area (Å²) in [6.45, 7) is 1.44. The van der Waals surface area contributed by atoms with Crippen LogP contribution in [-0.4, -0.2) is 35.2 Å². The van der Waals surface area contributed by atoms with Gasteiger partial charge in [0.05, 0.1) is 12.5 Å². The predicted octanol–water partition coefficient (Wildman–Crippen LogP) is 0.485. The summed E-state index contributed by atoms with van der Waals surface area (Å²) in [7, 11) is 0. The molecule has 0 spiro atoms. The Labute approximate surface area is 122 Å².